The summed E-state index contributed by atoms with van der Waals surface area (Å²) in [6.45, 7) is 3.91. The maximum Gasteiger partial charge on any atom is 0.295 e. The van der Waals surface area contributed by atoms with Crippen molar-refractivity contribution in [3.05, 3.63) is 87.9 Å². The number of Topliss-reactive ketones (excluding diaryl/α,β-unsaturated/α-hetero) is 1. The normalized spacial score (nSPS) is 16.5. The molecule has 0 saturated carbocycles. The Balaban J connectivity index is 1.90. The summed E-state index contributed by atoms with van der Waals surface area (Å²) in [4.78, 5) is 28.4. The third-order valence-corrected chi connectivity index (χ3v) is 6.67. The average Bonchev–Trinajstić information content (AvgIpc) is 3.17. The van der Waals surface area contributed by atoms with Crippen LogP contribution in [0.1, 0.15) is 36.6 Å². The van der Waals surface area contributed by atoms with Gasteiger partial charge in [0.2, 0.25) is 0 Å². The van der Waals surface area contributed by atoms with Gasteiger partial charge in [0.25, 0.3) is 11.7 Å². The number of methoxy groups -OCH3 is 3. The van der Waals surface area contributed by atoms with Crippen LogP contribution in [0.5, 0.6) is 23.0 Å². The van der Waals surface area contributed by atoms with Gasteiger partial charge in [0, 0.05) is 11.6 Å². The molecule has 1 N–H and O–H groups in total. The predicted molar refractivity (Wildman–Crippen MR) is 148 cm³/mol. The minimum atomic E-state index is -0.909. The van der Waals surface area contributed by atoms with Crippen molar-refractivity contribution in [3.63, 3.8) is 0 Å². The zero-order valence-electron chi connectivity index (χ0n) is 22.4. The van der Waals surface area contributed by atoms with Crippen molar-refractivity contribution >= 4 is 29.1 Å². The maximum atomic E-state index is 13.5. The largest absolute Gasteiger partial charge is 0.507 e. The van der Waals surface area contributed by atoms with Crippen LogP contribution < -0.4 is 18.9 Å². The fourth-order valence-electron chi connectivity index (χ4n) is 4.60. The Morgan fingerprint density at radius 2 is 1.56 bits per heavy atom. The summed E-state index contributed by atoms with van der Waals surface area (Å²) in [5.74, 6) is -0.230. The third kappa shape index (κ3) is 5.52. The number of carbonyl (C=O) groups is 2. The van der Waals surface area contributed by atoms with E-state index in [2.05, 4.69) is 0 Å². The number of aliphatic hydroxyl groups is 1. The molecule has 0 bridgehead atoms. The highest BCUT2D eigenvalue weighted by Crippen LogP contribution is 2.44. The van der Waals surface area contributed by atoms with Crippen molar-refractivity contribution in [1.29, 1.82) is 0 Å². The lowest BCUT2D eigenvalue weighted by Crippen LogP contribution is -2.29. The molecule has 0 radical (unpaired) electrons. The van der Waals surface area contributed by atoms with Crippen LogP contribution in [0.25, 0.3) is 5.76 Å². The van der Waals surface area contributed by atoms with Crippen LogP contribution in [-0.2, 0) is 16.1 Å². The van der Waals surface area contributed by atoms with Crippen molar-refractivity contribution in [2.45, 2.75) is 32.5 Å². The van der Waals surface area contributed by atoms with E-state index >= 15 is 0 Å². The molecule has 1 aliphatic rings. The van der Waals surface area contributed by atoms with E-state index < -0.39 is 23.5 Å². The summed E-state index contributed by atoms with van der Waals surface area (Å²) in [5, 5.41) is 11.8. The Hall–Kier alpha value is -4.17. The van der Waals surface area contributed by atoms with Crippen LogP contribution in [-0.4, -0.2) is 49.1 Å². The molecule has 1 saturated heterocycles. The minimum absolute atomic E-state index is 0.0284. The highest BCUT2D eigenvalue weighted by Gasteiger charge is 2.46. The van der Waals surface area contributed by atoms with Gasteiger partial charge in [-0.1, -0.05) is 41.9 Å². The number of nitrogens with zero attached hydrogens (tertiary/aromatic N) is 1. The molecule has 204 valence electrons. The first-order valence-electron chi connectivity index (χ1n) is 12.3. The van der Waals surface area contributed by atoms with E-state index in [0.29, 0.717) is 28.4 Å². The molecule has 1 amide bonds. The number of ketones is 1. The van der Waals surface area contributed by atoms with Gasteiger partial charge in [-0.3, -0.25) is 9.59 Å². The number of halogens is 1. The molecule has 0 spiro atoms. The number of para-hydroxylation sites is 1. The highest BCUT2D eigenvalue weighted by atomic mass is 35.5. The third-order valence-electron chi connectivity index (χ3n) is 6.37. The highest BCUT2D eigenvalue weighted by molar-refractivity contribution is 6.46. The molecule has 9 heteroatoms. The van der Waals surface area contributed by atoms with Gasteiger partial charge in [0.15, 0.2) is 0 Å². The van der Waals surface area contributed by atoms with Crippen LogP contribution in [0.15, 0.2) is 66.2 Å². The molecular formula is C30H30ClNO7. The quantitative estimate of drug-likeness (QED) is 0.205. The molecule has 4 rings (SSSR count). The number of hydrogen-bond donors (Lipinski definition) is 1. The first kappa shape index (κ1) is 27.9. The smallest absolute Gasteiger partial charge is 0.295 e. The number of benzene rings is 3. The molecular weight excluding hydrogens is 522 g/mol. The molecule has 3 aromatic carbocycles. The monoisotopic (exact) mass is 551 g/mol. The Morgan fingerprint density at radius 3 is 2.18 bits per heavy atom. The van der Waals surface area contributed by atoms with E-state index in [1.807, 2.05) is 32.0 Å². The summed E-state index contributed by atoms with van der Waals surface area (Å²) in [6.07, 6.45) is -0.0284. The van der Waals surface area contributed by atoms with Crippen LogP contribution in [0, 0.1) is 0 Å². The van der Waals surface area contributed by atoms with E-state index in [-0.39, 0.29) is 34.6 Å². The van der Waals surface area contributed by atoms with Gasteiger partial charge >= 0.3 is 0 Å². The second-order valence-electron chi connectivity index (χ2n) is 9.16. The summed E-state index contributed by atoms with van der Waals surface area (Å²) in [7, 11) is 4.42. The standard InChI is InChI=1S/C30H30ClNO7/c1-17(2)39-20-12-10-18(11-13-20)27-26(28(33)21-14-22(31)25(38-5)15-24(21)37-4)29(34)30(35)32(27)16-19-8-6-7-9-23(19)36-3/h6-15,17,27,33H,16H2,1-5H3/b28-26+. The maximum absolute atomic E-state index is 13.5. The van der Waals surface area contributed by atoms with Crippen molar-refractivity contribution < 1.29 is 33.6 Å². The van der Waals surface area contributed by atoms with Gasteiger partial charge in [-0.25, -0.2) is 0 Å². The van der Waals surface area contributed by atoms with E-state index in [0.717, 1.165) is 0 Å². The number of rotatable bonds is 9. The summed E-state index contributed by atoms with van der Waals surface area (Å²) in [6, 6.07) is 16.4. The van der Waals surface area contributed by atoms with E-state index in [9.17, 15) is 14.7 Å². The van der Waals surface area contributed by atoms with Gasteiger partial charge in [-0.15, -0.1) is 0 Å². The molecule has 1 aliphatic heterocycles. The molecule has 1 fully saturated rings. The molecule has 8 nitrogen and oxygen atoms in total. The van der Waals surface area contributed by atoms with Crippen LogP contribution in [0.4, 0.5) is 0 Å². The average molecular weight is 552 g/mol. The number of carbonyl (C=O) groups excluding carboxylic acids is 2. The number of hydrogen-bond acceptors (Lipinski definition) is 7. The fraction of sp³-hybridized carbons (Fsp3) is 0.267. The fourth-order valence-corrected chi connectivity index (χ4v) is 4.84. The lowest BCUT2D eigenvalue weighted by Gasteiger charge is -2.26. The van der Waals surface area contributed by atoms with Crippen molar-refractivity contribution in [2.75, 3.05) is 21.3 Å². The van der Waals surface area contributed by atoms with Gasteiger partial charge in [0.1, 0.15) is 28.8 Å². The molecule has 39 heavy (non-hydrogen) atoms. The summed E-state index contributed by atoms with van der Waals surface area (Å²) >= 11 is 6.35. The van der Waals surface area contributed by atoms with Crippen LogP contribution >= 0.6 is 11.6 Å². The van der Waals surface area contributed by atoms with Crippen LogP contribution in [0.2, 0.25) is 5.02 Å². The topological polar surface area (TPSA) is 94.5 Å². The Labute approximate surface area is 232 Å². The van der Waals surface area contributed by atoms with E-state index in [1.54, 1.807) is 30.3 Å². The van der Waals surface area contributed by atoms with Crippen LogP contribution in [0.3, 0.4) is 0 Å². The number of likely N-dealkylation sites (tertiary alicyclic amines) is 1. The summed E-state index contributed by atoms with van der Waals surface area (Å²) in [5.41, 5.74) is 1.38. The summed E-state index contributed by atoms with van der Waals surface area (Å²) < 4.78 is 22.0. The van der Waals surface area contributed by atoms with E-state index in [1.165, 1.54) is 38.4 Å². The SMILES string of the molecule is COc1cc(OC)c(/C(O)=C2\C(=O)C(=O)N(Cc3ccccc3OC)C2c2ccc(OC(C)C)cc2)cc1Cl. The Kier molecular flexibility index (Phi) is 8.35. The number of ether oxygens (including phenoxy) is 4. The lowest BCUT2D eigenvalue weighted by atomic mass is 9.94. The molecule has 1 unspecified atom stereocenters. The molecule has 0 aromatic heterocycles. The predicted octanol–water partition coefficient (Wildman–Crippen LogP) is 5.77. The first-order valence-corrected chi connectivity index (χ1v) is 12.7. The Bertz CT molecular complexity index is 1420. The van der Waals surface area contributed by atoms with Gasteiger partial charge < -0.3 is 29.0 Å². The lowest BCUT2D eigenvalue weighted by molar-refractivity contribution is -0.140. The second kappa shape index (κ2) is 11.7. The van der Waals surface area contributed by atoms with E-state index in [4.69, 9.17) is 30.5 Å². The molecule has 1 heterocycles. The van der Waals surface area contributed by atoms with Crippen molar-refractivity contribution in [2.24, 2.45) is 0 Å². The van der Waals surface area contributed by atoms with Gasteiger partial charge in [-0.2, -0.15) is 0 Å². The number of amides is 1. The Morgan fingerprint density at radius 1 is 0.923 bits per heavy atom. The van der Waals surface area contributed by atoms with Crippen molar-refractivity contribution in [3.8, 4) is 23.0 Å². The van der Waals surface area contributed by atoms with Gasteiger partial charge in [-0.05, 0) is 43.7 Å². The first-order chi connectivity index (χ1) is 18.7. The van der Waals surface area contributed by atoms with Crippen molar-refractivity contribution in [1.82, 2.24) is 4.90 Å². The zero-order chi connectivity index (χ0) is 28.3. The minimum Gasteiger partial charge on any atom is -0.507 e. The molecule has 3 aromatic rings. The molecule has 1 atom stereocenters. The zero-order valence-corrected chi connectivity index (χ0v) is 23.1. The second-order valence-corrected chi connectivity index (χ2v) is 9.57. The van der Waals surface area contributed by atoms with Gasteiger partial charge in [0.05, 0.1) is 56.2 Å². The molecule has 0 aliphatic carbocycles. The number of aliphatic hydroxyl groups excluding tert-OH is 1.